The van der Waals surface area contributed by atoms with Crippen molar-refractivity contribution >= 4 is 5.97 Å². The number of rotatable bonds is 9. The lowest BCUT2D eigenvalue weighted by Crippen LogP contribution is -2.06. The van der Waals surface area contributed by atoms with E-state index in [1.807, 2.05) is 31.2 Å². The first-order chi connectivity index (χ1) is 9.24. The molecule has 0 N–H and O–H groups in total. The van der Waals surface area contributed by atoms with Crippen LogP contribution in [0.3, 0.4) is 0 Å². The first-order valence-electron chi connectivity index (χ1n) is 7.48. The highest BCUT2D eigenvalue weighted by Gasteiger charge is 2.05. The van der Waals surface area contributed by atoms with Crippen molar-refractivity contribution in [3.05, 3.63) is 35.4 Å². The molecule has 0 saturated heterocycles. The van der Waals surface area contributed by atoms with Crippen molar-refractivity contribution in [2.75, 3.05) is 6.61 Å². The van der Waals surface area contributed by atoms with Crippen LogP contribution in [0.5, 0.6) is 0 Å². The Kier molecular flexibility index (Phi) is 7.95. The van der Waals surface area contributed by atoms with Crippen molar-refractivity contribution in [1.29, 1.82) is 0 Å². The smallest absolute Gasteiger partial charge is 0.338 e. The second-order valence-corrected chi connectivity index (χ2v) is 5.12. The van der Waals surface area contributed by atoms with Crippen molar-refractivity contribution in [3.8, 4) is 0 Å². The largest absolute Gasteiger partial charge is 0.462 e. The van der Waals surface area contributed by atoms with Crippen LogP contribution in [0, 0.1) is 6.92 Å². The third-order valence-electron chi connectivity index (χ3n) is 3.27. The highest BCUT2D eigenvalue weighted by molar-refractivity contribution is 5.89. The summed E-state index contributed by atoms with van der Waals surface area (Å²) in [6, 6.07) is 7.51. The lowest BCUT2D eigenvalue weighted by molar-refractivity contribution is 0.0497. The van der Waals surface area contributed by atoms with Gasteiger partial charge in [-0.25, -0.2) is 4.79 Å². The molecule has 0 aliphatic carbocycles. The van der Waals surface area contributed by atoms with Gasteiger partial charge in [0.25, 0.3) is 0 Å². The SMILES string of the molecule is CCCCCCCCCOC(=O)c1ccc(C)cc1. The number of benzene rings is 1. The van der Waals surface area contributed by atoms with Crippen molar-refractivity contribution < 1.29 is 9.53 Å². The molecule has 0 spiro atoms. The third kappa shape index (κ3) is 7.00. The van der Waals surface area contributed by atoms with Gasteiger partial charge in [-0.15, -0.1) is 0 Å². The van der Waals surface area contributed by atoms with Gasteiger partial charge >= 0.3 is 5.97 Å². The van der Waals surface area contributed by atoms with E-state index in [2.05, 4.69) is 6.92 Å². The molecule has 0 atom stereocenters. The third-order valence-corrected chi connectivity index (χ3v) is 3.27. The molecule has 0 saturated carbocycles. The molecule has 106 valence electrons. The van der Waals surface area contributed by atoms with Gasteiger partial charge in [0.15, 0.2) is 0 Å². The van der Waals surface area contributed by atoms with E-state index in [9.17, 15) is 4.79 Å². The molecule has 2 nitrogen and oxygen atoms in total. The van der Waals surface area contributed by atoms with Crippen LogP contribution in [0.2, 0.25) is 0 Å². The Labute approximate surface area is 117 Å². The van der Waals surface area contributed by atoms with Crippen molar-refractivity contribution in [1.82, 2.24) is 0 Å². The minimum absolute atomic E-state index is 0.203. The van der Waals surface area contributed by atoms with Crippen LogP contribution in [0.25, 0.3) is 0 Å². The molecule has 0 unspecified atom stereocenters. The Morgan fingerprint density at radius 1 is 0.947 bits per heavy atom. The quantitative estimate of drug-likeness (QED) is 0.467. The topological polar surface area (TPSA) is 26.3 Å². The predicted molar refractivity (Wildman–Crippen MR) is 79.5 cm³/mol. The Hall–Kier alpha value is -1.31. The summed E-state index contributed by atoms with van der Waals surface area (Å²) in [5, 5.41) is 0. The lowest BCUT2D eigenvalue weighted by Gasteiger charge is -2.05. The van der Waals surface area contributed by atoms with Gasteiger partial charge in [-0.1, -0.05) is 63.1 Å². The fraction of sp³-hybridized carbons (Fsp3) is 0.588. The van der Waals surface area contributed by atoms with Gasteiger partial charge in [-0.05, 0) is 25.5 Å². The summed E-state index contributed by atoms with van der Waals surface area (Å²) >= 11 is 0. The van der Waals surface area contributed by atoms with Gasteiger partial charge in [-0.2, -0.15) is 0 Å². The Morgan fingerprint density at radius 2 is 1.53 bits per heavy atom. The molecule has 0 aliphatic heterocycles. The molecule has 19 heavy (non-hydrogen) atoms. The van der Waals surface area contributed by atoms with Crippen LogP contribution in [0.15, 0.2) is 24.3 Å². The van der Waals surface area contributed by atoms with Gasteiger partial charge in [0.2, 0.25) is 0 Å². The predicted octanol–water partition coefficient (Wildman–Crippen LogP) is 4.90. The summed E-state index contributed by atoms with van der Waals surface area (Å²) in [7, 11) is 0. The molecule has 0 fully saturated rings. The Bertz CT molecular complexity index is 354. The summed E-state index contributed by atoms with van der Waals surface area (Å²) in [5.74, 6) is -0.203. The molecule has 0 amide bonds. The minimum atomic E-state index is -0.203. The van der Waals surface area contributed by atoms with E-state index in [1.165, 1.54) is 32.1 Å². The lowest BCUT2D eigenvalue weighted by atomic mass is 10.1. The van der Waals surface area contributed by atoms with Gasteiger partial charge in [-0.3, -0.25) is 0 Å². The number of carbonyl (C=O) groups is 1. The second-order valence-electron chi connectivity index (χ2n) is 5.12. The molecular weight excluding hydrogens is 236 g/mol. The van der Waals surface area contributed by atoms with Crippen LogP contribution < -0.4 is 0 Å². The maximum absolute atomic E-state index is 11.7. The number of esters is 1. The molecule has 1 rings (SSSR count). The van der Waals surface area contributed by atoms with E-state index >= 15 is 0 Å². The summed E-state index contributed by atoms with van der Waals surface area (Å²) in [4.78, 5) is 11.7. The maximum atomic E-state index is 11.7. The first-order valence-corrected chi connectivity index (χ1v) is 7.48. The minimum Gasteiger partial charge on any atom is -0.462 e. The van der Waals surface area contributed by atoms with E-state index in [-0.39, 0.29) is 5.97 Å². The summed E-state index contributed by atoms with van der Waals surface area (Å²) < 4.78 is 5.26. The highest BCUT2D eigenvalue weighted by Crippen LogP contribution is 2.08. The summed E-state index contributed by atoms with van der Waals surface area (Å²) in [6.45, 7) is 4.78. The molecule has 0 radical (unpaired) electrons. The molecular formula is C17H26O2. The van der Waals surface area contributed by atoms with Crippen LogP contribution in [-0.2, 0) is 4.74 Å². The van der Waals surface area contributed by atoms with Crippen molar-refractivity contribution in [2.24, 2.45) is 0 Å². The standard InChI is InChI=1S/C17H26O2/c1-3-4-5-6-7-8-9-14-19-17(18)16-12-10-15(2)11-13-16/h10-13H,3-9,14H2,1-2H3. The average molecular weight is 262 g/mol. The number of ether oxygens (including phenoxy) is 1. The van der Waals surface area contributed by atoms with E-state index < -0.39 is 0 Å². The number of hydrogen-bond acceptors (Lipinski definition) is 2. The molecule has 0 aromatic heterocycles. The fourth-order valence-corrected chi connectivity index (χ4v) is 2.00. The monoisotopic (exact) mass is 262 g/mol. The zero-order chi connectivity index (χ0) is 13.9. The Balaban J connectivity index is 2.06. The van der Waals surface area contributed by atoms with Crippen LogP contribution in [0.1, 0.15) is 67.8 Å². The maximum Gasteiger partial charge on any atom is 0.338 e. The molecule has 1 aromatic carbocycles. The van der Waals surface area contributed by atoms with Crippen LogP contribution >= 0.6 is 0 Å². The Morgan fingerprint density at radius 3 is 2.16 bits per heavy atom. The van der Waals surface area contributed by atoms with E-state index in [1.54, 1.807) is 0 Å². The summed E-state index contributed by atoms with van der Waals surface area (Å²) in [6.07, 6.45) is 8.65. The van der Waals surface area contributed by atoms with Crippen molar-refractivity contribution in [2.45, 2.75) is 58.8 Å². The number of carbonyl (C=O) groups excluding carboxylic acids is 1. The van der Waals surface area contributed by atoms with Crippen LogP contribution in [0.4, 0.5) is 0 Å². The first kappa shape index (κ1) is 15.7. The van der Waals surface area contributed by atoms with Gasteiger partial charge in [0, 0.05) is 0 Å². The van der Waals surface area contributed by atoms with Gasteiger partial charge in [0.1, 0.15) is 0 Å². The normalized spacial score (nSPS) is 10.4. The summed E-state index contributed by atoms with van der Waals surface area (Å²) in [5.41, 5.74) is 1.80. The van der Waals surface area contributed by atoms with E-state index in [4.69, 9.17) is 4.74 Å². The zero-order valence-electron chi connectivity index (χ0n) is 12.3. The number of unbranched alkanes of at least 4 members (excludes halogenated alkanes) is 6. The zero-order valence-corrected chi connectivity index (χ0v) is 12.3. The molecule has 0 bridgehead atoms. The second kappa shape index (κ2) is 9.60. The number of hydrogen-bond donors (Lipinski definition) is 0. The van der Waals surface area contributed by atoms with E-state index in [0.29, 0.717) is 12.2 Å². The van der Waals surface area contributed by atoms with Crippen LogP contribution in [-0.4, -0.2) is 12.6 Å². The molecule has 1 aromatic rings. The van der Waals surface area contributed by atoms with Crippen molar-refractivity contribution in [3.63, 3.8) is 0 Å². The number of aryl methyl sites for hydroxylation is 1. The average Bonchev–Trinajstić information content (AvgIpc) is 2.42. The molecule has 0 heterocycles. The van der Waals surface area contributed by atoms with Gasteiger partial charge in [0.05, 0.1) is 12.2 Å². The van der Waals surface area contributed by atoms with E-state index in [0.717, 1.165) is 18.4 Å². The van der Waals surface area contributed by atoms with Gasteiger partial charge < -0.3 is 4.74 Å². The highest BCUT2D eigenvalue weighted by atomic mass is 16.5. The molecule has 0 aliphatic rings. The molecule has 2 heteroatoms. The fourth-order valence-electron chi connectivity index (χ4n) is 2.00.